The minimum atomic E-state index is 0.0546. The lowest BCUT2D eigenvalue weighted by Gasteiger charge is -2.39. The Balaban J connectivity index is 2.15. The van der Waals surface area contributed by atoms with Gasteiger partial charge in [0.25, 0.3) is 0 Å². The molecular weight excluding hydrogens is 184 g/mol. The zero-order chi connectivity index (χ0) is 10.6. The van der Waals surface area contributed by atoms with Gasteiger partial charge < -0.3 is 4.74 Å². The first-order valence-electron chi connectivity index (χ1n) is 5.82. The Hall–Kier alpha value is -0.820. The monoisotopic (exact) mass is 202 g/mol. The number of fused-ring (bicyclic) bond motifs is 5. The van der Waals surface area contributed by atoms with E-state index in [1.165, 1.54) is 12.0 Å². The molecule has 0 saturated heterocycles. The highest BCUT2D eigenvalue weighted by molar-refractivity contribution is 5.45. The van der Waals surface area contributed by atoms with Gasteiger partial charge in [0.05, 0.1) is 5.60 Å². The van der Waals surface area contributed by atoms with Crippen molar-refractivity contribution in [3.63, 3.8) is 0 Å². The minimum absolute atomic E-state index is 0.0546. The molecule has 0 aromatic heterocycles. The summed E-state index contributed by atoms with van der Waals surface area (Å²) in [6.07, 6.45) is 1.28. The molecule has 3 rings (SSSR count). The van der Waals surface area contributed by atoms with E-state index >= 15 is 0 Å². The highest BCUT2D eigenvalue weighted by atomic mass is 16.5. The fourth-order valence-corrected chi connectivity index (χ4v) is 3.73. The largest absolute Gasteiger partial charge is 0.378 e. The second kappa shape index (κ2) is 2.85. The summed E-state index contributed by atoms with van der Waals surface area (Å²) in [6.45, 7) is 4.61. The van der Waals surface area contributed by atoms with Gasteiger partial charge in [-0.2, -0.15) is 0 Å². The standard InChI is InChI=1S/C14H18O/c1-9-12-8-13(14(9,2)15-3)11-7-5-4-6-10(11)12/h4-7,9,12-13H,8H2,1-3H3. The summed E-state index contributed by atoms with van der Waals surface area (Å²) >= 11 is 0. The highest BCUT2D eigenvalue weighted by Gasteiger charge is 2.56. The molecule has 0 N–H and O–H groups in total. The topological polar surface area (TPSA) is 9.23 Å². The van der Waals surface area contributed by atoms with E-state index < -0.39 is 0 Å². The maximum atomic E-state index is 5.80. The maximum Gasteiger partial charge on any atom is 0.0750 e. The van der Waals surface area contributed by atoms with Crippen molar-refractivity contribution in [1.82, 2.24) is 0 Å². The fraction of sp³-hybridized carbons (Fsp3) is 0.571. The van der Waals surface area contributed by atoms with E-state index in [4.69, 9.17) is 4.74 Å². The predicted molar refractivity (Wildman–Crippen MR) is 61.1 cm³/mol. The minimum Gasteiger partial charge on any atom is -0.378 e. The number of hydrogen-bond acceptors (Lipinski definition) is 1. The molecule has 2 aliphatic rings. The molecule has 1 nitrogen and oxygen atoms in total. The van der Waals surface area contributed by atoms with Crippen molar-refractivity contribution in [2.24, 2.45) is 5.92 Å². The highest BCUT2D eigenvalue weighted by Crippen LogP contribution is 2.61. The van der Waals surface area contributed by atoms with Gasteiger partial charge in [-0.15, -0.1) is 0 Å². The zero-order valence-electron chi connectivity index (χ0n) is 9.66. The fourth-order valence-electron chi connectivity index (χ4n) is 3.73. The normalized spacial score (nSPS) is 41.9. The number of methoxy groups -OCH3 is 1. The van der Waals surface area contributed by atoms with E-state index in [1.807, 2.05) is 7.11 Å². The lowest BCUT2D eigenvalue weighted by Crippen LogP contribution is -2.39. The van der Waals surface area contributed by atoms with Crippen LogP contribution in [0.3, 0.4) is 0 Å². The van der Waals surface area contributed by atoms with Crippen LogP contribution >= 0.6 is 0 Å². The Morgan fingerprint density at radius 1 is 1.27 bits per heavy atom. The number of benzene rings is 1. The summed E-state index contributed by atoms with van der Waals surface area (Å²) in [6, 6.07) is 8.89. The molecule has 1 aromatic rings. The zero-order valence-corrected chi connectivity index (χ0v) is 9.66. The van der Waals surface area contributed by atoms with E-state index in [2.05, 4.69) is 38.1 Å². The summed E-state index contributed by atoms with van der Waals surface area (Å²) in [7, 11) is 1.86. The quantitative estimate of drug-likeness (QED) is 0.679. The Kier molecular flexibility index (Phi) is 1.79. The van der Waals surface area contributed by atoms with Crippen molar-refractivity contribution < 1.29 is 4.74 Å². The van der Waals surface area contributed by atoms with Gasteiger partial charge in [-0.1, -0.05) is 31.2 Å². The van der Waals surface area contributed by atoms with Gasteiger partial charge in [-0.3, -0.25) is 0 Å². The molecule has 1 fully saturated rings. The van der Waals surface area contributed by atoms with Gasteiger partial charge >= 0.3 is 0 Å². The van der Waals surface area contributed by atoms with Gasteiger partial charge in [0.15, 0.2) is 0 Å². The molecule has 80 valence electrons. The van der Waals surface area contributed by atoms with Crippen LogP contribution in [0.1, 0.15) is 43.2 Å². The van der Waals surface area contributed by atoms with Crippen LogP contribution in [0.5, 0.6) is 0 Å². The molecule has 0 spiro atoms. The van der Waals surface area contributed by atoms with E-state index in [0.29, 0.717) is 11.8 Å². The summed E-state index contributed by atoms with van der Waals surface area (Å²) in [5, 5.41) is 0. The Morgan fingerprint density at radius 3 is 2.60 bits per heavy atom. The Morgan fingerprint density at radius 2 is 1.93 bits per heavy atom. The van der Waals surface area contributed by atoms with Crippen LogP contribution in [0, 0.1) is 5.92 Å². The van der Waals surface area contributed by atoms with Gasteiger partial charge in [0.2, 0.25) is 0 Å². The molecule has 0 amide bonds. The SMILES string of the molecule is COC1(C)C2CC(c3ccccc32)C1C. The predicted octanol–water partition coefficient (Wildman–Crippen LogP) is 3.31. The van der Waals surface area contributed by atoms with Gasteiger partial charge in [0, 0.05) is 13.0 Å². The van der Waals surface area contributed by atoms with Crippen molar-refractivity contribution in [3.05, 3.63) is 35.4 Å². The molecule has 0 aliphatic heterocycles. The van der Waals surface area contributed by atoms with Crippen LogP contribution in [-0.4, -0.2) is 12.7 Å². The summed E-state index contributed by atoms with van der Waals surface area (Å²) in [4.78, 5) is 0. The molecular formula is C14H18O. The Labute approximate surface area is 91.5 Å². The molecule has 1 heteroatoms. The first-order valence-corrected chi connectivity index (χ1v) is 5.82. The van der Waals surface area contributed by atoms with Crippen molar-refractivity contribution in [1.29, 1.82) is 0 Å². The van der Waals surface area contributed by atoms with E-state index in [-0.39, 0.29) is 5.60 Å². The van der Waals surface area contributed by atoms with Crippen molar-refractivity contribution >= 4 is 0 Å². The summed E-state index contributed by atoms with van der Waals surface area (Å²) in [5.74, 6) is 1.97. The molecule has 0 radical (unpaired) electrons. The van der Waals surface area contributed by atoms with E-state index in [1.54, 1.807) is 5.56 Å². The molecule has 4 atom stereocenters. The third-order valence-electron chi connectivity index (χ3n) is 4.90. The second-order valence-electron chi connectivity index (χ2n) is 5.20. The third-order valence-corrected chi connectivity index (χ3v) is 4.90. The molecule has 2 aliphatic carbocycles. The lowest BCUT2D eigenvalue weighted by molar-refractivity contribution is -0.0396. The van der Waals surface area contributed by atoms with Crippen LogP contribution in [0.15, 0.2) is 24.3 Å². The van der Waals surface area contributed by atoms with E-state index in [9.17, 15) is 0 Å². The number of ether oxygens (including phenoxy) is 1. The maximum absolute atomic E-state index is 5.80. The van der Waals surface area contributed by atoms with Crippen LogP contribution in [0.25, 0.3) is 0 Å². The molecule has 15 heavy (non-hydrogen) atoms. The van der Waals surface area contributed by atoms with Crippen LogP contribution < -0.4 is 0 Å². The Bertz CT molecular complexity index is 398. The average Bonchev–Trinajstić information content (AvgIpc) is 2.77. The smallest absolute Gasteiger partial charge is 0.0750 e. The van der Waals surface area contributed by atoms with Gasteiger partial charge in [0.1, 0.15) is 0 Å². The second-order valence-corrected chi connectivity index (χ2v) is 5.20. The summed E-state index contributed by atoms with van der Waals surface area (Å²) in [5.41, 5.74) is 3.16. The van der Waals surface area contributed by atoms with Crippen LogP contribution in [0.4, 0.5) is 0 Å². The van der Waals surface area contributed by atoms with Gasteiger partial charge in [-0.25, -0.2) is 0 Å². The molecule has 1 saturated carbocycles. The van der Waals surface area contributed by atoms with Gasteiger partial charge in [-0.05, 0) is 36.3 Å². The summed E-state index contributed by atoms with van der Waals surface area (Å²) < 4.78 is 5.80. The first-order chi connectivity index (χ1) is 7.18. The van der Waals surface area contributed by atoms with Crippen LogP contribution in [0.2, 0.25) is 0 Å². The van der Waals surface area contributed by atoms with Crippen molar-refractivity contribution in [3.8, 4) is 0 Å². The number of rotatable bonds is 1. The number of hydrogen-bond donors (Lipinski definition) is 0. The molecule has 4 unspecified atom stereocenters. The lowest BCUT2D eigenvalue weighted by atomic mass is 9.74. The van der Waals surface area contributed by atoms with Crippen molar-refractivity contribution in [2.45, 2.75) is 37.7 Å². The molecule has 0 heterocycles. The van der Waals surface area contributed by atoms with Crippen LogP contribution in [-0.2, 0) is 4.74 Å². The molecule has 2 bridgehead atoms. The average molecular weight is 202 g/mol. The van der Waals surface area contributed by atoms with Crippen molar-refractivity contribution in [2.75, 3.05) is 7.11 Å². The first kappa shape index (κ1) is 9.41. The third kappa shape index (κ3) is 0.971. The van der Waals surface area contributed by atoms with E-state index in [0.717, 1.165) is 5.92 Å². The molecule has 1 aromatic carbocycles.